The highest BCUT2D eigenvalue weighted by atomic mass is 35.5. The topological polar surface area (TPSA) is 96.0 Å². The Kier molecular flexibility index (Phi) is 11.9. The molecule has 0 aliphatic carbocycles. The summed E-state index contributed by atoms with van der Waals surface area (Å²) in [4.78, 5) is 32.9. The van der Waals surface area contributed by atoms with E-state index in [9.17, 15) is 4.79 Å². The predicted octanol–water partition coefficient (Wildman–Crippen LogP) is 5.53. The van der Waals surface area contributed by atoms with Gasteiger partial charge in [0.2, 0.25) is 11.8 Å². The quantitative estimate of drug-likeness (QED) is 0.251. The largest absolute Gasteiger partial charge is 0.469 e. The van der Waals surface area contributed by atoms with Gasteiger partial charge in [-0.1, -0.05) is 23.2 Å². The molecule has 2 aromatic heterocycles. The van der Waals surface area contributed by atoms with E-state index in [0.29, 0.717) is 51.7 Å². The average molecular weight is 657 g/mol. The number of piperazine rings is 1. The molecular weight excluding hydrogens is 613 g/mol. The van der Waals surface area contributed by atoms with Crippen molar-refractivity contribution in [2.24, 2.45) is 5.92 Å². The molecule has 4 heterocycles. The molecule has 1 unspecified atom stereocenters. The van der Waals surface area contributed by atoms with Crippen molar-refractivity contribution < 1.29 is 14.3 Å². The van der Waals surface area contributed by atoms with Crippen LogP contribution >= 0.6 is 23.2 Å². The van der Waals surface area contributed by atoms with Gasteiger partial charge in [-0.2, -0.15) is 0 Å². The third-order valence-electron chi connectivity index (χ3n) is 8.69. The minimum atomic E-state index is -0.140. The number of methoxy groups -OCH3 is 1. The first-order valence-corrected chi connectivity index (χ1v) is 16.4. The van der Waals surface area contributed by atoms with Crippen LogP contribution in [0.3, 0.4) is 0 Å². The van der Waals surface area contributed by atoms with Crippen LogP contribution in [0.25, 0.3) is 11.3 Å². The predicted molar refractivity (Wildman–Crippen MR) is 178 cm³/mol. The number of pyridine rings is 1. The molecule has 45 heavy (non-hydrogen) atoms. The van der Waals surface area contributed by atoms with Gasteiger partial charge in [-0.3, -0.25) is 14.6 Å². The smallest absolute Gasteiger partial charge is 0.305 e. The molecule has 2 aliphatic rings. The van der Waals surface area contributed by atoms with Crippen LogP contribution in [0.5, 0.6) is 11.6 Å². The van der Waals surface area contributed by atoms with Crippen molar-refractivity contribution in [3.05, 3.63) is 58.3 Å². The second-order valence-electron chi connectivity index (χ2n) is 11.9. The third-order valence-corrected chi connectivity index (χ3v) is 9.12. The van der Waals surface area contributed by atoms with E-state index in [0.717, 1.165) is 82.7 Å². The number of aromatic nitrogens is 3. The Morgan fingerprint density at radius 1 is 1.00 bits per heavy atom. The van der Waals surface area contributed by atoms with E-state index < -0.39 is 0 Å². The number of benzene rings is 1. The van der Waals surface area contributed by atoms with E-state index >= 15 is 0 Å². The average Bonchev–Trinajstić information content (AvgIpc) is 3.04. The van der Waals surface area contributed by atoms with Crippen molar-refractivity contribution in [3.8, 4) is 22.9 Å². The zero-order valence-electron chi connectivity index (χ0n) is 26.3. The molecule has 3 aromatic rings. The molecule has 2 aliphatic heterocycles. The lowest BCUT2D eigenvalue weighted by Crippen LogP contribution is -2.50. The number of halogens is 2. The van der Waals surface area contributed by atoms with Gasteiger partial charge in [0.05, 0.1) is 25.2 Å². The molecule has 2 saturated heterocycles. The normalized spacial score (nSPS) is 17.3. The Hall–Kier alpha value is -3.02. The SMILES string of the molecule is CNCCC(C)N1CCN(c2ncc(Oc3cc(CN4CCC(CC(=O)OC)CC4)cc(-c4cc(Cl)cc(Cl)c4)n3)cn2)CC1. The van der Waals surface area contributed by atoms with Crippen LogP contribution in [0.2, 0.25) is 10.0 Å². The molecule has 1 atom stereocenters. The summed E-state index contributed by atoms with van der Waals surface area (Å²) in [6.45, 7) is 9.59. The van der Waals surface area contributed by atoms with Crippen LogP contribution < -0.4 is 15.0 Å². The number of nitrogens with one attached hydrogen (secondary N) is 1. The number of hydrogen-bond donors (Lipinski definition) is 1. The van der Waals surface area contributed by atoms with Gasteiger partial charge in [0.1, 0.15) is 0 Å². The molecule has 1 N–H and O–H groups in total. The fourth-order valence-electron chi connectivity index (χ4n) is 6.02. The number of esters is 1. The summed E-state index contributed by atoms with van der Waals surface area (Å²) in [5.74, 6) is 1.88. The van der Waals surface area contributed by atoms with E-state index in [1.165, 1.54) is 7.11 Å². The Bertz CT molecular complexity index is 1390. The second-order valence-corrected chi connectivity index (χ2v) is 12.8. The van der Waals surface area contributed by atoms with Gasteiger partial charge in [0, 0.05) is 66.9 Å². The maximum absolute atomic E-state index is 11.7. The van der Waals surface area contributed by atoms with Gasteiger partial charge in [0.15, 0.2) is 5.75 Å². The zero-order valence-corrected chi connectivity index (χ0v) is 27.9. The number of piperidine rings is 1. The first kappa shape index (κ1) is 33.3. The van der Waals surface area contributed by atoms with Gasteiger partial charge in [-0.05, 0) is 88.6 Å². The van der Waals surface area contributed by atoms with Crippen molar-refractivity contribution in [3.63, 3.8) is 0 Å². The van der Waals surface area contributed by atoms with Crippen molar-refractivity contribution >= 4 is 35.1 Å². The molecule has 242 valence electrons. The fourth-order valence-corrected chi connectivity index (χ4v) is 6.55. The van der Waals surface area contributed by atoms with Crippen molar-refractivity contribution in [2.75, 3.05) is 64.9 Å². The lowest BCUT2D eigenvalue weighted by Gasteiger charge is -2.38. The highest BCUT2D eigenvalue weighted by Gasteiger charge is 2.24. The molecule has 5 rings (SSSR count). The molecule has 10 nitrogen and oxygen atoms in total. The molecule has 0 saturated carbocycles. The van der Waals surface area contributed by atoms with Crippen molar-refractivity contribution in [2.45, 2.75) is 45.2 Å². The standard InChI is InChI=1S/C33H43Cl2N7O3/c1-23(4-7-36-2)41-10-12-42(13-11-41)33-37-20-29(21-38-33)45-31-15-25(14-30(39-31)26-17-27(34)19-28(35)18-26)22-40-8-5-24(6-9-40)16-32(43)44-3/h14-15,17-21,23-24,36H,4-13,16,22H2,1-3H3. The van der Waals surface area contributed by atoms with Gasteiger partial charge in [0.25, 0.3) is 0 Å². The number of carbonyl (C=O) groups excluding carboxylic acids is 1. The molecule has 1 aromatic carbocycles. The summed E-state index contributed by atoms with van der Waals surface area (Å²) < 4.78 is 11.1. The Labute approximate surface area is 276 Å². The number of likely N-dealkylation sites (tertiary alicyclic amines) is 1. The number of rotatable bonds is 12. The number of carbonyl (C=O) groups is 1. The van der Waals surface area contributed by atoms with E-state index in [4.69, 9.17) is 37.7 Å². The van der Waals surface area contributed by atoms with Crippen LogP contribution in [0.1, 0.15) is 38.2 Å². The van der Waals surface area contributed by atoms with Crippen molar-refractivity contribution in [1.29, 1.82) is 0 Å². The van der Waals surface area contributed by atoms with Crippen LogP contribution in [0, 0.1) is 5.92 Å². The highest BCUT2D eigenvalue weighted by molar-refractivity contribution is 6.35. The molecule has 0 bridgehead atoms. The summed E-state index contributed by atoms with van der Waals surface area (Å²) in [6.07, 6.45) is 6.93. The minimum absolute atomic E-state index is 0.140. The molecule has 0 spiro atoms. The Morgan fingerprint density at radius 2 is 1.69 bits per heavy atom. The number of anilines is 1. The monoisotopic (exact) mass is 655 g/mol. The highest BCUT2D eigenvalue weighted by Crippen LogP contribution is 2.31. The van der Waals surface area contributed by atoms with Crippen LogP contribution in [0.4, 0.5) is 5.95 Å². The van der Waals surface area contributed by atoms with Gasteiger partial charge < -0.3 is 19.7 Å². The molecule has 12 heteroatoms. The first-order valence-electron chi connectivity index (χ1n) is 15.7. The maximum atomic E-state index is 11.7. The van der Waals surface area contributed by atoms with Gasteiger partial charge in [-0.15, -0.1) is 0 Å². The van der Waals surface area contributed by atoms with E-state index in [2.05, 4.69) is 36.9 Å². The fraction of sp³-hybridized carbons (Fsp3) is 0.515. The Morgan fingerprint density at radius 3 is 2.33 bits per heavy atom. The third kappa shape index (κ3) is 9.50. The van der Waals surface area contributed by atoms with E-state index in [-0.39, 0.29) is 5.97 Å². The zero-order chi connectivity index (χ0) is 31.8. The van der Waals surface area contributed by atoms with Crippen LogP contribution in [-0.4, -0.2) is 96.7 Å². The lowest BCUT2D eigenvalue weighted by atomic mass is 9.93. The minimum Gasteiger partial charge on any atom is -0.469 e. The van der Waals surface area contributed by atoms with Crippen LogP contribution in [-0.2, 0) is 16.1 Å². The molecule has 0 amide bonds. The summed E-state index contributed by atoms with van der Waals surface area (Å²) in [5.41, 5.74) is 2.57. The molecule has 2 fully saturated rings. The number of ether oxygens (including phenoxy) is 2. The summed E-state index contributed by atoms with van der Waals surface area (Å²) in [7, 11) is 3.44. The summed E-state index contributed by atoms with van der Waals surface area (Å²) in [5, 5.41) is 4.32. The van der Waals surface area contributed by atoms with Crippen LogP contribution in [0.15, 0.2) is 42.7 Å². The second kappa shape index (κ2) is 16.0. The van der Waals surface area contributed by atoms with E-state index in [1.54, 1.807) is 18.5 Å². The van der Waals surface area contributed by atoms with Gasteiger partial charge in [-0.25, -0.2) is 15.0 Å². The van der Waals surface area contributed by atoms with E-state index in [1.807, 2.05) is 31.3 Å². The summed E-state index contributed by atoms with van der Waals surface area (Å²) in [6, 6.07) is 9.95. The summed E-state index contributed by atoms with van der Waals surface area (Å²) >= 11 is 12.7. The lowest BCUT2D eigenvalue weighted by molar-refractivity contribution is -0.142. The number of hydrogen-bond acceptors (Lipinski definition) is 10. The molecular formula is C33H43Cl2N7O3. The number of nitrogens with zero attached hydrogens (tertiary/aromatic N) is 6. The first-order chi connectivity index (χ1) is 21.8. The molecule has 0 radical (unpaired) electrons. The van der Waals surface area contributed by atoms with Gasteiger partial charge >= 0.3 is 5.97 Å². The Balaban J connectivity index is 1.27. The maximum Gasteiger partial charge on any atom is 0.305 e. The van der Waals surface area contributed by atoms with Crippen molar-refractivity contribution in [1.82, 2.24) is 30.1 Å².